The Labute approximate surface area is 125 Å². The molecular weight excluding hydrogens is 306 g/mol. The van der Waals surface area contributed by atoms with Gasteiger partial charge in [0.1, 0.15) is 18.4 Å². The van der Waals surface area contributed by atoms with Crippen LogP contribution in [0.1, 0.15) is 12.8 Å². The number of carbonyl (C=O) groups is 2. The average Bonchev–Trinajstić information content (AvgIpc) is 2.83. The summed E-state index contributed by atoms with van der Waals surface area (Å²) in [7, 11) is 0. The molecule has 1 unspecified atom stereocenters. The van der Waals surface area contributed by atoms with Gasteiger partial charge in [-0.1, -0.05) is 23.2 Å². The van der Waals surface area contributed by atoms with Gasteiger partial charge in [0.2, 0.25) is 11.8 Å². The first-order valence-electron chi connectivity index (χ1n) is 6.24. The number of benzene rings is 1. The molecule has 3 rings (SSSR count). The van der Waals surface area contributed by atoms with Crippen LogP contribution >= 0.6 is 23.2 Å². The van der Waals surface area contributed by atoms with Crippen molar-refractivity contribution in [3.63, 3.8) is 0 Å². The van der Waals surface area contributed by atoms with E-state index >= 15 is 0 Å². The quantitative estimate of drug-likeness (QED) is 0.798. The van der Waals surface area contributed by atoms with E-state index in [1.54, 1.807) is 4.90 Å². The highest BCUT2D eigenvalue weighted by atomic mass is 35.5. The van der Waals surface area contributed by atoms with Gasteiger partial charge >= 0.3 is 0 Å². The summed E-state index contributed by atoms with van der Waals surface area (Å²) >= 11 is 12.0. The summed E-state index contributed by atoms with van der Waals surface area (Å²) in [5, 5.41) is 0.0604. The number of halogens is 3. The van der Waals surface area contributed by atoms with Crippen molar-refractivity contribution in [1.29, 1.82) is 0 Å². The van der Waals surface area contributed by atoms with Gasteiger partial charge in [-0.05, 0) is 25.0 Å². The first-order chi connectivity index (χ1) is 9.49. The number of hydrogen-bond acceptors (Lipinski definition) is 2. The van der Waals surface area contributed by atoms with E-state index in [-0.39, 0.29) is 34.1 Å². The molecule has 2 amide bonds. The van der Waals surface area contributed by atoms with Crippen molar-refractivity contribution in [1.82, 2.24) is 4.90 Å². The minimum atomic E-state index is -0.581. The molecule has 0 spiro atoms. The van der Waals surface area contributed by atoms with Gasteiger partial charge in [-0.2, -0.15) is 0 Å². The van der Waals surface area contributed by atoms with E-state index in [0.717, 1.165) is 18.6 Å². The van der Waals surface area contributed by atoms with E-state index in [9.17, 15) is 14.0 Å². The lowest BCUT2D eigenvalue weighted by Crippen LogP contribution is -2.57. The normalized spacial score (nSPS) is 22.4. The lowest BCUT2D eigenvalue weighted by molar-refractivity contribution is -0.140. The van der Waals surface area contributed by atoms with Crippen LogP contribution in [0.15, 0.2) is 12.1 Å². The molecule has 1 atom stereocenters. The largest absolute Gasteiger partial charge is 0.329 e. The van der Waals surface area contributed by atoms with Gasteiger partial charge in [-0.15, -0.1) is 0 Å². The van der Waals surface area contributed by atoms with E-state index < -0.39 is 11.9 Å². The zero-order chi connectivity index (χ0) is 14.4. The average molecular weight is 317 g/mol. The number of anilines is 1. The Kier molecular flexibility index (Phi) is 3.34. The maximum atomic E-state index is 13.2. The lowest BCUT2D eigenvalue weighted by Gasteiger charge is -2.37. The molecule has 7 heteroatoms. The molecule has 0 N–H and O–H groups in total. The molecule has 106 valence electrons. The van der Waals surface area contributed by atoms with Crippen molar-refractivity contribution >= 4 is 40.7 Å². The third-order valence-electron chi connectivity index (χ3n) is 3.67. The molecule has 0 saturated carbocycles. The fourth-order valence-corrected chi connectivity index (χ4v) is 3.45. The predicted molar refractivity (Wildman–Crippen MR) is 73.5 cm³/mol. The Bertz CT molecular complexity index is 585. The van der Waals surface area contributed by atoms with Gasteiger partial charge in [0, 0.05) is 6.54 Å². The van der Waals surface area contributed by atoms with E-state index in [1.807, 2.05) is 0 Å². The van der Waals surface area contributed by atoms with Crippen molar-refractivity contribution in [3.8, 4) is 0 Å². The molecule has 2 saturated heterocycles. The smallest absolute Gasteiger partial charge is 0.250 e. The second kappa shape index (κ2) is 4.90. The predicted octanol–water partition coefficient (Wildman–Crippen LogP) is 2.47. The van der Waals surface area contributed by atoms with Gasteiger partial charge in [0.15, 0.2) is 0 Å². The number of fused-ring (bicyclic) bond motifs is 1. The van der Waals surface area contributed by atoms with Crippen LogP contribution in [0.2, 0.25) is 10.0 Å². The monoisotopic (exact) mass is 316 g/mol. The highest BCUT2D eigenvalue weighted by molar-refractivity contribution is 6.40. The summed E-state index contributed by atoms with van der Waals surface area (Å²) in [6, 6.07) is 1.72. The van der Waals surface area contributed by atoms with E-state index in [4.69, 9.17) is 23.2 Å². The second-order valence-electron chi connectivity index (χ2n) is 4.89. The molecule has 4 nitrogen and oxygen atoms in total. The molecule has 0 aromatic heterocycles. The summed E-state index contributed by atoms with van der Waals surface area (Å²) in [4.78, 5) is 27.4. The fraction of sp³-hybridized carbons (Fsp3) is 0.385. The maximum absolute atomic E-state index is 13.2. The van der Waals surface area contributed by atoms with Crippen molar-refractivity contribution in [3.05, 3.63) is 28.0 Å². The summed E-state index contributed by atoms with van der Waals surface area (Å²) in [6.07, 6.45) is 1.44. The van der Waals surface area contributed by atoms with E-state index in [0.29, 0.717) is 13.0 Å². The van der Waals surface area contributed by atoms with Crippen molar-refractivity contribution in [2.24, 2.45) is 0 Å². The zero-order valence-electron chi connectivity index (χ0n) is 10.4. The number of hydrogen-bond donors (Lipinski definition) is 0. The fourth-order valence-electron chi connectivity index (χ4n) is 2.79. The SMILES string of the molecule is O=C1C2CCCN2C(=O)CN1c1c(Cl)cc(F)cc1Cl. The van der Waals surface area contributed by atoms with Crippen molar-refractivity contribution in [2.75, 3.05) is 18.0 Å². The molecular formula is C13H11Cl2FN2O2. The molecule has 0 radical (unpaired) electrons. The van der Waals surface area contributed by atoms with Gasteiger partial charge in [-0.3, -0.25) is 14.5 Å². The highest BCUT2D eigenvalue weighted by Gasteiger charge is 2.43. The Hall–Kier alpha value is -1.33. The minimum absolute atomic E-state index is 0.0302. The molecule has 1 aromatic rings. The van der Waals surface area contributed by atoms with Crippen LogP contribution in [-0.2, 0) is 9.59 Å². The number of rotatable bonds is 1. The molecule has 1 aromatic carbocycles. The molecule has 2 aliphatic heterocycles. The van der Waals surface area contributed by atoms with Crippen LogP contribution in [0.25, 0.3) is 0 Å². The number of nitrogens with zero attached hydrogens (tertiary/aromatic N) is 2. The molecule has 2 fully saturated rings. The summed E-state index contributed by atoms with van der Waals surface area (Å²) in [5.74, 6) is -0.928. The van der Waals surface area contributed by atoms with Crippen LogP contribution < -0.4 is 4.90 Å². The van der Waals surface area contributed by atoms with Gasteiger partial charge in [0.05, 0.1) is 15.7 Å². The topological polar surface area (TPSA) is 40.6 Å². The first-order valence-corrected chi connectivity index (χ1v) is 7.00. The molecule has 0 aliphatic carbocycles. The highest BCUT2D eigenvalue weighted by Crippen LogP contribution is 2.37. The van der Waals surface area contributed by atoms with Crippen molar-refractivity contribution < 1.29 is 14.0 Å². The Morgan fingerprint density at radius 2 is 1.85 bits per heavy atom. The maximum Gasteiger partial charge on any atom is 0.250 e. The van der Waals surface area contributed by atoms with Crippen molar-refractivity contribution in [2.45, 2.75) is 18.9 Å². The van der Waals surface area contributed by atoms with E-state index in [1.165, 1.54) is 4.90 Å². The van der Waals surface area contributed by atoms with Crippen LogP contribution in [0, 0.1) is 5.82 Å². The third kappa shape index (κ3) is 2.05. The van der Waals surface area contributed by atoms with E-state index in [2.05, 4.69) is 0 Å². The third-order valence-corrected chi connectivity index (χ3v) is 4.25. The van der Waals surface area contributed by atoms with Crippen LogP contribution in [0.4, 0.5) is 10.1 Å². The molecule has 2 aliphatic rings. The van der Waals surface area contributed by atoms with Crippen LogP contribution in [0.3, 0.4) is 0 Å². The Morgan fingerprint density at radius 1 is 1.20 bits per heavy atom. The summed E-state index contributed by atoms with van der Waals surface area (Å²) in [5.41, 5.74) is 0.208. The summed E-state index contributed by atoms with van der Waals surface area (Å²) in [6.45, 7) is 0.494. The Morgan fingerprint density at radius 3 is 2.50 bits per heavy atom. The van der Waals surface area contributed by atoms with Crippen LogP contribution in [0.5, 0.6) is 0 Å². The minimum Gasteiger partial charge on any atom is -0.329 e. The molecule has 2 heterocycles. The number of amides is 2. The summed E-state index contributed by atoms with van der Waals surface area (Å²) < 4.78 is 13.2. The Balaban J connectivity index is 2.02. The standard InChI is InChI=1S/C13H11Cl2FN2O2/c14-8-4-7(16)5-9(15)12(8)18-6-11(19)17-3-1-2-10(17)13(18)20/h4-5,10H,1-3,6H2. The van der Waals surface area contributed by atoms with Crippen LogP contribution in [-0.4, -0.2) is 35.8 Å². The molecule has 20 heavy (non-hydrogen) atoms. The second-order valence-corrected chi connectivity index (χ2v) is 5.70. The first kappa shape index (κ1) is 13.6. The number of carbonyl (C=O) groups excluding carboxylic acids is 2. The zero-order valence-corrected chi connectivity index (χ0v) is 11.9. The molecule has 0 bridgehead atoms. The van der Waals surface area contributed by atoms with Gasteiger partial charge in [0.25, 0.3) is 0 Å². The van der Waals surface area contributed by atoms with Gasteiger partial charge < -0.3 is 4.90 Å². The number of piperazine rings is 1. The van der Waals surface area contributed by atoms with Gasteiger partial charge in [-0.25, -0.2) is 4.39 Å². The lowest BCUT2D eigenvalue weighted by atomic mass is 10.1.